The van der Waals surface area contributed by atoms with E-state index in [1.54, 1.807) is 7.05 Å². The smallest absolute Gasteiger partial charge is 0.211 e. The summed E-state index contributed by atoms with van der Waals surface area (Å²) in [5.41, 5.74) is 1.09. The normalized spacial score (nSPS) is 18.9. The lowest BCUT2D eigenvalue weighted by molar-refractivity contribution is 0.437. The van der Waals surface area contributed by atoms with Crippen molar-refractivity contribution in [2.75, 3.05) is 40.0 Å². The number of nitrogens with one attached hydrogen (secondary N) is 1. The second-order valence-electron chi connectivity index (χ2n) is 6.32. The van der Waals surface area contributed by atoms with Gasteiger partial charge >= 0.3 is 0 Å². The van der Waals surface area contributed by atoms with Gasteiger partial charge in [-0.25, -0.2) is 12.7 Å². The maximum atomic E-state index is 11.6. The quantitative estimate of drug-likeness (QED) is 0.376. The van der Waals surface area contributed by atoms with E-state index < -0.39 is 10.0 Å². The molecule has 10 heteroatoms. The molecule has 0 spiro atoms. The van der Waals surface area contributed by atoms with Gasteiger partial charge in [0.2, 0.25) is 10.0 Å². The van der Waals surface area contributed by atoms with E-state index in [1.165, 1.54) is 10.6 Å². The van der Waals surface area contributed by atoms with Gasteiger partial charge in [0.25, 0.3) is 0 Å². The number of nitrogens with zero attached hydrogens (tertiary/aromatic N) is 4. The van der Waals surface area contributed by atoms with Crippen LogP contribution in [0.1, 0.15) is 12.1 Å². The van der Waals surface area contributed by atoms with Crippen LogP contribution in [0.25, 0.3) is 0 Å². The Labute approximate surface area is 172 Å². The van der Waals surface area contributed by atoms with Crippen molar-refractivity contribution in [1.29, 1.82) is 0 Å². The van der Waals surface area contributed by atoms with Gasteiger partial charge in [-0.15, -0.1) is 24.0 Å². The molecule has 0 aliphatic carbocycles. The maximum absolute atomic E-state index is 11.6. The van der Waals surface area contributed by atoms with E-state index >= 15 is 0 Å². The van der Waals surface area contributed by atoms with Gasteiger partial charge in [0.05, 0.1) is 17.8 Å². The molecule has 0 bridgehead atoms. The van der Waals surface area contributed by atoms with Crippen LogP contribution >= 0.6 is 35.6 Å². The van der Waals surface area contributed by atoms with Gasteiger partial charge in [0, 0.05) is 52.7 Å². The summed E-state index contributed by atoms with van der Waals surface area (Å²) in [4.78, 5) is 6.33. The molecule has 144 valence electrons. The Kier molecular flexibility index (Phi) is 8.49. The molecule has 1 saturated heterocycles. The number of aryl methyl sites for hydroxylation is 1. The molecule has 0 saturated carbocycles. The van der Waals surface area contributed by atoms with Crippen LogP contribution in [0.3, 0.4) is 0 Å². The molecule has 1 unspecified atom stereocenters. The molecular weight excluding hydrogens is 477 g/mol. The molecule has 0 radical (unpaired) electrons. The number of rotatable bonds is 5. The highest BCUT2D eigenvalue weighted by Crippen LogP contribution is 2.18. The number of hydrogen-bond donors (Lipinski definition) is 1. The molecule has 1 aromatic rings. The number of guanidine groups is 1. The Bertz CT molecular complexity index is 707. The fraction of sp³-hybridized carbons (Fsp3) is 0.667. The van der Waals surface area contributed by atoms with Gasteiger partial charge in [0.15, 0.2) is 5.96 Å². The minimum Gasteiger partial charge on any atom is -0.356 e. The van der Waals surface area contributed by atoms with Gasteiger partial charge in [-0.3, -0.25) is 4.99 Å². The Balaban J connectivity index is 0.00000312. The summed E-state index contributed by atoms with van der Waals surface area (Å²) < 4.78 is 26.7. The molecule has 0 aromatic carbocycles. The summed E-state index contributed by atoms with van der Waals surface area (Å²) in [7, 11) is 2.58. The van der Waals surface area contributed by atoms with Crippen molar-refractivity contribution < 1.29 is 8.42 Å². The van der Waals surface area contributed by atoms with Crippen molar-refractivity contribution in [3.63, 3.8) is 0 Å². The summed E-state index contributed by atoms with van der Waals surface area (Å²) in [5.74, 6) is 1.08. The third-order valence-corrected chi connectivity index (χ3v) is 5.79. The summed E-state index contributed by atoms with van der Waals surface area (Å²) in [5, 5.41) is 4.06. The van der Waals surface area contributed by atoms with E-state index in [2.05, 4.69) is 10.3 Å². The summed E-state index contributed by atoms with van der Waals surface area (Å²) >= 11 is 6.02. The number of halogens is 2. The molecule has 1 aromatic heterocycles. The zero-order chi connectivity index (χ0) is 17.9. The topological polar surface area (TPSA) is 69.9 Å². The predicted octanol–water partition coefficient (Wildman–Crippen LogP) is 1.59. The lowest BCUT2D eigenvalue weighted by Crippen LogP contribution is -2.41. The highest BCUT2D eigenvalue weighted by atomic mass is 127. The zero-order valence-electron chi connectivity index (χ0n) is 15.1. The molecule has 1 fully saturated rings. The minimum atomic E-state index is -3.09. The van der Waals surface area contributed by atoms with Crippen LogP contribution in [0.5, 0.6) is 0 Å². The van der Waals surface area contributed by atoms with E-state index in [4.69, 9.17) is 11.6 Å². The first kappa shape index (κ1) is 22.5. The summed E-state index contributed by atoms with van der Waals surface area (Å²) in [6.45, 7) is 2.56. The number of aliphatic imine (C=N–C) groups is 1. The highest BCUT2D eigenvalue weighted by Gasteiger charge is 2.28. The average Bonchev–Trinajstić information content (AvgIpc) is 3.06. The summed E-state index contributed by atoms with van der Waals surface area (Å²) in [6, 6.07) is 1.94. The third kappa shape index (κ3) is 6.30. The maximum Gasteiger partial charge on any atom is 0.211 e. The molecule has 25 heavy (non-hydrogen) atoms. The fourth-order valence-electron chi connectivity index (χ4n) is 2.93. The predicted molar refractivity (Wildman–Crippen MR) is 113 cm³/mol. The van der Waals surface area contributed by atoms with E-state index in [0.717, 1.165) is 23.1 Å². The van der Waals surface area contributed by atoms with Crippen LogP contribution in [-0.2, 0) is 23.6 Å². The second kappa shape index (κ2) is 9.43. The van der Waals surface area contributed by atoms with Crippen LogP contribution in [0.2, 0.25) is 5.02 Å². The number of sulfonamides is 1. The zero-order valence-corrected chi connectivity index (χ0v) is 19.0. The van der Waals surface area contributed by atoms with Gasteiger partial charge in [-0.2, -0.15) is 0 Å². The van der Waals surface area contributed by atoms with E-state index in [-0.39, 0.29) is 24.0 Å². The van der Waals surface area contributed by atoms with Crippen molar-refractivity contribution in [1.82, 2.24) is 19.1 Å². The Morgan fingerprint density at radius 2 is 2.20 bits per heavy atom. The van der Waals surface area contributed by atoms with Gasteiger partial charge in [-0.1, -0.05) is 11.6 Å². The second-order valence-corrected chi connectivity index (χ2v) is 8.74. The average molecular weight is 504 g/mol. The van der Waals surface area contributed by atoms with Crippen LogP contribution in [0.4, 0.5) is 0 Å². The lowest BCUT2D eigenvalue weighted by Gasteiger charge is -2.23. The van der Waals surface area contributed by atoms with Gasteiger partial charge in [0.1, 0.15) is 0 Å². The third-order valence-electron chi connectivity index (χ3n) is 4.31. The Morgan fingerprint density at radius 3 is 2.68 bits per heavy atom. The molecule has 7 nitrogen and oxygen atoms in total. The summed E-state index contributed by atoms with van der Waals surface area (Å²) in [6.07, 6.45) is 4.01. The lowest BCUT2D eigenvalue weighted by atomic mass is 10.1. The van der Waals surface area contributed by atoms with Crippen LogP contribution in [-0.4, -0.2) is 68.1 Å². The monoisotopic (exact) mass is 503 g/mol. The molecule has 1 aliphatic heterocycles. The van der Waals surface area contributed by atoms with Gasteiger partial charge in [-0.05, 0) is 18.4 Å². The van der Waals surface area contributed by atoms with Crippen LogP contribution in [0.15, 0.2) is 17.3 Å². The van der Waals surface area contributed by atoms with Crippen LogP contribution < -0.4 is 5.32 Å². The number of aromatic nitrogens is 1. The Hall–Kier alpha value is -0.520. The minimum absolute atomic E-state index is 0. The van der Waals surface area contributed by atoms with Crippen LogP contribution in [0, 0.1) is 5.92 Å². The van der Waals surface area contributed by atoms with Crippen molar-refractivity contribution in [2.45, 2.75) is 13.0 Å². The largest absolute Gasteiger partial charge is 0.356 e. The molecule has 1 N–H and O–H groups in total. The first-order valence-corrected chi connectivity index (χ1v) is 10.1. The molecular formula is C15H27ClIN5O2S. The molecule has 1 aliphatic rings. The van der Waals surface area contributed by atoms with E-state index in [0.29, 0.717) is 32.1 Å². The van der Waals surface area contributed by atoms with Crippen molar-refractivity contribution in [3.8, 4) is 0 Å². The fourth-order valence-corrected chi connectivity index (χ4v) is 4.12. The van der Waals surface area contributed by atoms with Crippen molar-refractivity contribution >= 4 is 51.6 Å². The molecule has 2 rings (SSSR count). The highest BCUT2D eigenvalue weighted by molar-refractivity contribution is 14.0. The van der Waals surface area contributed by atoms with Crippen molar-refractivity contribution in [2.24, 2.45) is 18.0 Å². The first-order chi connectivity index (χ1) is 11.2. The number of hydrogen-bond acceptors (Lipinski definition) is 3. The molecule has 2 heterocycles. The van der Waals surface area contributed by atoms with E-state index in [9.17, 15) is 8.42 Å². The molecule has 1 atom stereocenters. The Morgan fingerprint density at radius 1 is 1.52 bits per heavy atom. The van der Waals surface area contributed by atoms with Crippen molar-refractivity contribution in [3.05, 3.63) is 23.0 Å². The van der Waals surface area contributed by atoms with Gasteiger partial charge < -0.3 is 14.8 Å². The SMILES string of the molecule is CN=C(NCC1CCN(S(C)(=O)=O)C1)N(C)Cc1cc(Cl)cn1C.I. The molecule has 0 amide bonds. The van der Waals surface area contributed by atoms with E-state index in [1.807, 2.05) is 35.8 Å². The first-order valence-electron chi connectivity index (χ1n) is 7.88. The standard InChI is InChI=1S/C15H26ClN5O2S.HI/c1-17-15(20(3)11-14-7-13(16)10-19(14)2)18-8-12-5-6-21(9-12)24(4,22)23;/h7,10,12H,5-6,8-9,11H2,1-4H3,(H,17,18);1H.